The van der Waals surface area contributed by atoms with Gasteiger partial charge in [-0.05, 0) is 48.2 Å². The molecule has 2 aromatic rings. The Labute approximate surface area is 122 Å². The van der Waals surface area contributed by atoms with Crippen LogP contribution in [0.5, 0.6) is 5.75 Å². The number of carbonyl (C=O) groups excluding carboxylic acids is 1. The summed E-state index contributed by atoms with van der Waals surface area (Å²) in [6.07, 6.45) is 5.16. The number of phenolic OH excluding ortho intramolecular Hbond substituents is 1. The van der Waals surface area contributed by atoms with Crippen LogP contribution in [0.1, 0.15) is 5.56 Å². The Bertz CT molecular complexity index is 621. The van der Waals surface area contributed by atoms with Crippen LogP contribution in [-0.4, -0.2) is 17.3 Å². The smallest absolute Gasteiger partial charge is 0.248 e. The lowest BCUT2D eigenvalue weighted by molar-refractivity contribution is -0.111. The predicted octanol–water partition coefficient (Wildman–Crippen LogP) is 3.77. The summed E-state index contributed by atoms with van der Waals surface area (Å²) >= 11 is 1.63. The number of benzene rings is 2. The minimum absolute atomic E-state index is 0.184. The van der Waals surface area contributed by atoms with Gasteiger partial charge in [0.1, 0.15) is 5.75 Å². The van der Waals surface area contributed by atoms with Crippen LogP contribution in [0.4, 0.5) is 5.69 Å². The molecule has 2 aromatic carbocycles. The topological polar surface area (TPSA) is 49.3 Å². The molecule has 0 aliphatic carbocycles. The van der Waals surface area contributed by atoms with Crippen molar-refractivity contribution >= 4 is 29.4 Å². The molecule has 0 aliphatic rings. The second-order valence-corrected chi connectivity index (χ2v) is 5.03. The van der Waals surface area contributed by atoms with E-state index < -0.39 is 0 Å². The Morgan fingerprint density at radius 2 is 1.95 bits per heavy atom. The third-order valence-electron chi connectivity index (χ3n) is 2.66. The molecule has 0 heterocycles. The van der Waals surface area contributed by atoms with E-state index >= 15 is 0 Å². The molecule has 0 unspecified atom stereocenters. The van der Waals surface area contributed by atoms with Crippen LogP contribution in [0.3, 0.4) is 0 Å². The van der Waals surface area contributed by atoms with Crippen molar-refractivity contribution in [1.82, 2.24) is 0 Å². The van der Waals surface area contributed by atoms with Crippen molar-refractivity contribution < 1.29 is 9.90 Å². The summed E-state index contributed by atoms with van der Waals surface area (Å²) in [4.78, 5) is 12.9. The maximum atomic E-state index is 11.8. The van der Waals surface area contributed by atoms with E-state index in [1.54, 1.807) is 42.1 Å². The molecule has 2 N–H and O–H groups in total. The standard InChI is InChI=1S/C16H15NO2S/c1-20-15-4-2-3-13(11-15)17-16(19)10-7-12-5-8-14(18)9-6-12/h2-11,18H,1H3,(H,17,19)/b10-7+. The van der Waals surface area contributed by atoms with E-state index in [0.29, 0.717) is 0 Å². The fourth-order valence-electron chi connectivity index (χ4n) is 1.64. The van der Waals surface area contributed by atoms with Gasteiger partial charge in [0.05, 0.1) is 0 Å². The highest BCUT2D eigenvalue weighted by atomic mass is 32.2. The first kappa shape index (κ1) is 14.2. The van der Waals surface area contributed by atoms with Gasteiger partial charge in [-0.15, -0.1) is 11.8 Å². The first-order valence-electron chi connectivity index (χ1n) is 6.09. The monoisotopic (exact) mass is 285 g/mol. The summed E-state index contributed by atoms with van der Waals surface area (Å²) in [6, 6.07) is 14.3. The van der Waals surface area contributed by atoms with Gasteiger partial charge < -0.3 is 10.4 Å². The number of thioether (sulfide) groups is 1. The summed E-state index contributed by atoms with van der Waals surface area (Å²) in [5, 5.41) is 12.0. The number of carbonyl (C=O) groups is 1. The second-order valence-electron chi connectivity index (χ2n) is 4.15. The van der Waals surface area contributed by atoms with E-state index in [4.69, 9.17) is 0 Å². The lowest BCUT2D eigenvalue weighted by Crippen LogP contribution is -2.07. The summed E-state index contributed by atoms with van der Waals surface area (Å²) in [5.74, 6) is 0.0248. The average Bonchev–Trinajstić information content (AvgIpc) is 2.47. The predicted molar refractivity (Wildman–Crippen MR) is 84.0 cm³/mol. The molecule has 0 aromatic heterocycles. The summed E-state index contributed by atoms with van der Waals surface area (Å²) in [6.45, 7) is 0. The van der Waals surface area contributed by atoms with Crippen molar-refractivity contribution in [3.63, 3.8) is 0 Å². The quantitative estimate of drug-likeness (QED) is 0.664. The van der Waals surface area contributed by atoms with Gasteiger partial charge in [-0.1, -0.05) is 18.2 Å². The molecule has 2 rings (SSSR count). The zero-order chi connectivity index (χ0) is 14.4. The molecular weight excluding hydrogens is 270 g/mol. The zero-order valence-electron chi connectivity index (χ0n) is 11.0. The Morgan fingerprint density at radius 3 is 2.65 bits per heavy atom. The average molecular weight is 285 g/mol. The largest absolute Gasteiger partial charge is 0.508 e. The van der Waals surface area contributed by atoms with Crippen LogP contribution in [-0.2, 0) is 4.79 Å². The van der Waals surface area contributed by atoms with Crippen molar-refractivity contribution in [3.8, 4) is 5.75 Å². The Kier molecular flexibility index (Phi) is 4.85. The van der Waals surface area contributed by atoms with Crippen LogP contribution < -0.4 is 5.32 Å². The highest BCUT2D eigenvalue weighted by molar-refractivity contribution is 7.98. The van der Waals surface area contributed by atoms with Gasteiger partial charge in [-0.3, -0.25) is 4.79 Å². The highest BCUT2D eigenvalue weighted by Gasteiger charge is 1.99. The molecule has 0 radical (unpaired) electrons. The lowest BCUT2D eigenvalue weighted by Gasteiger charge is -2.03. The SMILES string of the molecule is CSc1cccc(NC(=O)/C=C/c2ccc(O)cc2)c1. The first-order valence-corrected chi connectivity index (χ1v) is 7.32. The minimum Gasteiger partial charge on any atom is -0.508 e. The summed E-state index contributed by atoms with van der Waals surface area (Å²) in [5.41, 5.74) is 1.63. The number of anilines is 1. The first-order chi connectivity index (χ1) is 9.67. The minimum atomic E-state index is -0.184. The fraction of sp³-hybridized carbons (Fsp3) is 0.0625. The van der Waals surface area contributed by atoms with Gasteiger partial charge in [-0.25, -0.2) is 0 Å². The number of phenols is 1. The van der Waals surface area contributed by atoms with E-state index in [1.807, 2.05) is 30.5 Å². The van der Waals surface area contributed by atoms with Crippen molar-refractivity contribution in [2.45, 2.75) is 4.90 Å². The molecule has 0 bridgehead atoms. The van der Waals surface area contributed by atoms with Crippen LogP contribution in [0.25, 0.3) is 6.08 Å². The number of rotatable bonds is 4. The maximum absolute atomic E-state index is 11.8. The van der Waals surface area contributed by atoms with Gasteiger partial charge in [0.2, 0.25) is 5.91 Å². The van der Waals surface area contributed by atoms with Gasteiger partial charge >= 0.3 is 0 Å². The van der Waals surface area contributed by atoms with Crippen LogP contribution in [0.2, 0.25) is 0 Å². The molecule has 102 valence electrons. The van der Waals surface area contributed by atoms with Crippen molar-refractivity contribution in [1.29, 1.82) is 0 Å². The van der Waals surface area contributed by atoms with E-state index in [1.165, 1.54) is 6.08 Å². The van der Waals surface area contributed by atoms with Crippen LogP contribution in [0, 0.1) is 0 Å². The number of aromatic hydroxyl groups is 1. The van der Waals surface area contributed by atoms with E-state index in [9.17, 15) is 9.90 Å². The molecule has 0 atom stereocenters. The van der Waals surface area contributed by atoms with Crippen LogP contribution in [0.15, 0.2) is 59.5 Å². The van der Waals surface area contributed by atoms with E-state index in [0.717, 1.165) is 16.1 Å². The fourth-order valence-corrected chi connectivity index (χ4v) is 2.10. The molecule has 0 fully saturated rings. The van der Waals surface area contributed by atoms with Gasteiger partial charge in [0.25, 0.3) is 0 Å². The molecule has 20 heavy (non-hydrogen) atoms. The Balaban J connectivity index is 1.99. The number of nitrogens with one attached hydrogen (secondary N) is 1. The molecular formula is C16H15NO2S. The molecule has 0 saturated heterocycles. The van der Waals surface area contributed by atoms with Crippen LogP contribution >= 0.6 is 11.8 Å². The summed E-state index contributed by atoms with van der Waals surface area (Å²) < 4.78 is 0. The molecule has 1 amide bonds. The van der Waals surface area contributed by atoms with Crippen molar-refractivity contribution in [3.05, 3.63) is 60.2 Å². The summed E-state index contributed by atoms with van der Waals surface area (Å²) in [7, 11) is 0. The van der Waals surface area contributed by atoms with E-state index in [2.05, 4.69) is 5.32 Å². The number of hydrogen-bond acceptors (Lipinski definition) is 3. The maximum Gasteiger partial charge on any atom is 0.248 e. The Morgan fingerprint density at radius 1 is 1.20 bits per heavy atom. The third-order valence-corrected chi connectivity index (χ3v) is 3.38. The highest BCUT2D eigenvalue weighted by Crippen LogP contribution is 2.19. The van der Waals surface area contributed by atoms with Gasteiger partial charge in [0, 0.05) is 16.7 Å². The van der Waals surface area contributed by atoms with E-state index in [-0.39, 0.29) is 11.7 Å². The normalized spacial score (nSPS) is 10.7. The second kappa shape index (κ2) is 6.82. The molecule has 0 aliphatic heterocycles. The van der Waals surface area contributed by atoms with Gasteiger partial charge in [-0.2, -0.15) is 0 Å². The Hall–Kier alpha value is -2.20. The van der Waals surface area contributed by atoms with Gasteiger partial charge in [0.15, 0.2) is 0 Å². The van der Waals surface area contributed by atoms with Crippen molar-refractivity contribution in [2.75, 3.05) is 11.6 Å². The molecule has 0 saturated carbocycles. The molecule has 4 heteroatoms. The molecule has 0 spiro atoms. The van der Waals surface area contributed by atoms with Crippen molar-refractivity contribution in [2.24, 2.45) is 0 Å². The number of amides is 1. The zero-order valence-corrected chi connectivity index (χ0v) is 11.9. The number of hydrogen-bond donors (Lipinski definition) is 2. The molecule has 3 nitrogen and oxygen atoms in total. The third kappa shape index (κ3) is 4.17. The lowest BCUT2D eigenvalue weighted by atomic mass is 10.2.